The number of nitrogens with two attached hydrogens (primary N) is 1. The second-order valence-electron chi connectivity index (χ2n) is 4.34. The van der Waals surface area contributed by atoms with Crippen LogP contribution in [0.15, 0.2) is 24.3 Å². The molecule has 0 spiro atoms. The van der Waals surface area contributed by atoms with Crippen molar-refractivity contribution >= 4 is 11.6 Å². The zero-order valence-electron chi connectivity index (χ0n) is 10.5. The highest BCUT2D eigenvalue weighted by Crippen LogP contribution is 2.21. The van der Waals surface area contributed by atoms with E-state index in [1.807, 2.05) is 0 Å². The average Bonchev–Trinajstić information content (AvgIpc) is 2.26. The molecule has 0 aliphatic rings. The molecular weight excluding hydrogens is 257 g/mol. The van der Waals surface area contributed by atoms with Gasteiger partial charge in [-0.2, -0.15) is 13.2 Å². The third-order valence-corrected chi connectivity index (χ3v) is 2.52. The van der Waals surface area contributed by atoms with Crippen molar-refractivity contribution in [2.45, 2.75) is 31.9 Å². The normalized spacial score (nSPS) is 11.3. The van der Waals surface area contributed by atoms with Crippen molar-refractivity contribution in [3.05, 3.63) is 29.8 Å². The molecule has 1 rings (SSSR count). The van der Waals surface area contributed by atoms with Crippen LogP contribution in [0, 0.1) is 0 Å². The molecule has 0 atom stereocenters. The molecule has 106 valence electrons. The van der Waals surface area contributed by atoms with Crippen molar-refractivity contribution < 1.29 is 18.0 Å². The number of unbranched alkanes of at least 4 members (excludes halogenated alkanes) is 1. The topological polar surface area (TPSA) is 55.1 Å². The summed E-state index contributed by atoms with van der Waals surface area (Å²) in [5.74, 6) is -0.211. The second-order valence-corrected chi connectivity index (χ2v) is 4.34. The van der Waals surface area contributed by atoms with Crippen LogP contribution in [0.4, 0.5) is 18.9 Å². The van der Waals surface area contributed by atoms with E-state index in [1.165, 1.54) is 0 Å². The fraction of sp³-hybridized carbons (Fsp3) is 0.462. The maximum absolute atomic E-state index is 11.9. The third-order valence-electron chi connectivity index (χ3n) is 2.52. The maximum atomic E-state index is 11.9. The van der Waals surface area contributed by atoms with E-state index in [1.54, 1.807) is 24.3 Å². The predicted octanol–water partition coefficient (Wildman–Crippen LogP) is 2.66. The summed E-state index contributed by atoms with van der Waals surface area (Å²) in [7, 11) is 0. The first kappa shape index (κ1) is 15.3. The Balaban J connectivity index is 2.18. The lowest BCUT2D eigenvalue weighted by molar-refractivity contribution is -0.135. The average molecular weight is 274 g/mol. The van der Waals surface area contributed by atoms with Gasteiger partial charge in [0.2, 0.25) is 5.91 Å². The Morgan fingerprint density at radius 1 is 1.26 bits per heavy atom. The Morgan fingerprint density at radius 3 is 2.63 bits per heavy atom. The minimum Gasteiger partial charge on any atom is -0.399 e. The lowest BCUT2D eigenvalue weighted by atomic mass is 10.1. The Hall–Kier alpha value is -1.72. The van der Waals surface area contributed by atoms with Crippen LogP contribution >= 0.6 is 0 Å². The van der Waals surface area contributed by atoms with Crippen LogP contribution < -0.4 is 11.1 Å². The number of rotatable bonds is 6. The molecule has 1 amide bonds. The van der Waals surface area contributed by atoms with Gasteiger partial charge in [-0.05, 0) is 30.5 Å². The monoisotopic (exact) mass is 274 g/mol. The summed E-state index contributed by atoms with van der Waals surface area (Å²) in [5, 5.41) is 2.59. The SMILES string of the molecule is Nc1cccc(CC(=O)NCCCCC(F)(F)F)c1. The van der Waals surface area contributed by atoms with E-state index in [9.17, 15) is 18.0 Å². The van der Waals surface area contributed by atoms with Crippen LogP contribution in [0.3, 0.4) is 0 Å². The van der Waals surface area contributed by atoms with Crippen molar-refractivity contribution in [2.75, 3.05) is 12.3 Å². The smallest absolute Gasteiger partial charge is 0.389 e. The maximum Gasteiger partial charge on any atom is 0.389 e. The summed E-state index contributed by atoms with van der Waals surface area (Å²) in [5.41, 5.74) is 6.94. The highest BCUT2D eigenvalue weighted by Gasteiger charge is 2.25. The number of hydrogen-bond donors (Lipinski definition) is 2. The minimum atomic E-state index is -4.12. The first-order valence-corrected chi connectivity index (χ1v) is 6.05. The van der Waals surface area contributed by atoms with Crippen molar-refractivity contribution in [3.63, 3.8) is 0 Å². The first-order valence-electron chi connectivity index (χ1n) is 6.05. The number of nitrogen functional groups attached to an aromatic ring is 1. The molecule has 1 aromatic carbocycles. The molecule has 1 aromatic rings. The summed E-state index contributed by atoms with van der Waals surface area (Å²) in [6, 6.07) is 6.95. The van der Waals surface area contributed by atoms with Gasteiger partial charge in [0.25, 0.3) is 0 Å². The molecule has 3 N–H and O–H groups in total. The fourth-order valence-corrected chi connectivity index (χ4v) is 1.63. The van der Waals surface area contributed by atoms with Gasteiger partial charge in [0.05, 0.1) is 6.42 Å². The number of carbonyl (C=O) groups excluding carboxylic acids is 1. The molecule has 0 aromatic heterocycles. The van der Waals surface area contributed by atoms with E-state index in [0.717, 1.165) is 5.56 Å². The van der Waals surface area contributed by atoms with Gasteiger partial charge in [-0.1, -0.05) is 12.1 Å². The van der Waals surface area contributed by atoms with E-state index in [2.05, 4.69) is 5.32 Å². The zero-order valence-corrected chi connectivity index (χ0v) is 10.5. The number of hydrogen-bond acceptors (Lipinski definition) is 2. The number of nitrogens with one attached hydrogen (secondary N) is 1. The Kier molecular flexibility index (Phi) is 5.66. The van der Waals surface area contributed by atoms with Gasteiger partial charge in [-0.15, -0.1) is 0 Å². The second kappa shape index (κ2) is 7.01. The zero-order chi connectivity index (χ0) is 14.3. The van der Waals surface area contributed by atoms with Crippen LogP contribution in [-0.2, 0) is 11.2 Å². The molecular formula is C13H17F3N2O. The van der Waals surface area contributed by atoms with E-state index in [4.69, 9.17) is 5.73 Å². The summed E-state index contributed by atoms with van der Waals surface area (Å²) >= 11 is 0. The van der Waals surface area contributed by atoms with Crippen LogP contribution in [0.2, 0.25) is 0 Å². The number of amides is 1. The number of alkyl halides is 3. The van der Waals surface area contributed by atoms with Crippen molar-refractivity contribution in [2.24, 2.45) is 0 Å². The van der Waals surface area contributed by atoms with E-state index >= 15 is 0 Å². The van der Waals surface area contributed by atoms with Gasteiger partial charge in [-0.3, -0.25) is 4.79 Å². The molecule has 0 aliphatic carbocycles. The summed E-state index contributed by atoms with van der Waals surface area (Å²) in [4.78, 5) is 11.5. The molecule has 0 saturated carbocycles. The third kappa shape index (κ3) is 7.33. The molecule has 0 saturated heterocycles. The van der Waals surface area contributed by atoms with Crippen LogP contribution in [-0.4, -0.2) is 18.6 Å². The summed E-state index contributed by atoms with van der Waals surface area (Å²) < 4.78 is 35.6. The van der Waals surface area contributed by atoms with Crippen molar-refractivity contribution in [3.8, 4) is 0 Å². The molecule has 0 aliphatic heterocycles. The van der Waals surface area contributed by atoms with E-state index in [-0.39, 0.29) is 25.3 Å². The van der Waals surface area contributed by atoms with E-state index < -0.39 is 12.6 Å². The summed E-state index contributed by atoms with van der Waals surface area (Å²) in [6.45, 7) is 0.261. The van der Waals surface area contributed by atoms with Crippen LogP contribution in [0.1, 0.15) is 24.8 Å². The molecule has 0 unspecified atom stereocenters. The van der Waals surface area contributed by atoms with Gasteiger partial charge in [0.1, 0.15) is 0 Å². The fourth-order valence-electron chi connectivity index (χ4n) is 1.63. The quantitative estimate of drug-likeness (QED) is 0.619. The molecule has 3 nitrogen and oxygen atoms in total. The molecule has 0 heterocycles. The standard InChI is InChI=1S/C13H17F3N2O/c14-13(15,16)6-1-2-7-18-12(19)9-10-4-3-5-11(17)8-10/h3-5,8H,1-2,6-7,9,17H2,(H,18,19). The number of anilines is 1. The minimum absolute atomic E-state index is 0.0298. The van der Waals surface area contributed by atoms with Gasteiger partial charge >= 0.3 is 6.18 Å². The van der Waals surface area contributed by atoms with Gasteiger partial charge in [0, 0.05) is 18.7 Å². The largest absolute Gasteiger partial charge is 0.399 e. The molecule has 6 heteroatoms. The Bertz CT molecular complexity index is 419. The lowest BCUT2D eigenvalue weighted by Gasteiger charge is -2.07. The van der Waals surface area contributed by atoms with Crippen molar-refractivity contribution in [1.82, 2.24) is 5.32 Å². The van der Waals surface area contributed by atoms with Gasteiger partial charge < -0.3 is 11.1 Å². The predicted molar refractivity (Wildman–Crippen MR) is 67.5 cm³/mol. The highest BCUT2D eigenvalue weighted by molar-refractivity contribution is 5.78. The molecule has 19 heavy (non-hydrogen) atoms. The van der Waals surface area contributed by atoms with Gasteiger partial charge in [0.15, 0.2) is 0 Å². The van der Waals surface area contributed by atoms with Gasteiger partial charge in [-0.25, -0.2) is 0 Å². The van der Waals surface area contributed by atoms with Crippen LogP contribution in [0.25, 0.3) is 0 Å². The molecule has 0 radical (unpaired) electrons. The number of halogens is 3. The number of carbonyl (C=O) groups is 1. The lowest BCUT2D eigenvalue weighted by Crippen LogP contribution is -2.26. The molecule has 0 bridgehead atoms. The number of benzene rings is 1. The molecule has 0 fully saturated rings. The van der Waals surface area contributed by atoms with Crippen LogP contribution in [0.5, 0.6) is 0 Å². The highest BCUT2D eigenvalue weighted by atomic mass is 19.4. The summed E-state index contributed by atoms with van der Waals surface area (Å²) in [6.07, 6.45) is -4.39. The Morgan fingerprint density at radius 2 is 2.00 bits per heavy atom. The van der Waals surface area contributed by atoms with E-state index in [0.29, 0.717) is 12.1 Å². The Labute approximate surface area is 110 Å². The van der Waals surface area contributed by atoms with Crippen molar-refractivity contribution in [1.29, 1.82) is 0 Å². The first-order chi connectivity index (χ1) is 8.87.